The van der Waals surface area contributed by atoms with Crippen molar-refractivity contribution in [2.45, 2.75) is 13.0 Å². The number of phenols is 1. The van der Waals surface area contributed by atoms with Gasteiger partial charge in [-0.05, 0) is 25.1 Å². The summed E-state index contributed by atoms with van der Waals surface area (Å²) in [6.07, 6.45) is 0. The summed E-state index contributed by atoms with van der Waals surface area (Å²) in [6.45, 7) is 1.93. The van der Waals surface area contributed by atoms with Crippen LogP contribution in [0.2, 0.25) is 0 Å². The first-order valence-electron chi connectivity index (χ1n) is 5.86. The molecule has 2 nitrogen and oxygen atoms in total. The van der Waals surface area contributed by atoms with Crippen molar-refractivity contribution in [3.05, 3.63) is 59.9 Å². The highest BCUT2D eigenvalue weighted by Gasteiger charge is 2.17. The van der Waals surface area contributed by atoms with Gasteiger partial charge >= 0.3 is 0 Å². The molecule has 2 aromatic rings. The monoisotopic (exact) mass is 245 g/mol. The van der Waals surface area contributed by atoms with E-state index in [2.05, 4.69) is 0 Å². The first-order valence-corrected chi connectivity index (χ1v) is 5.86. The molecule has 0 saturated carbocycles. The van der Waals surface area contributed by atoms with Crippen LogP contribution in [0.15, 0.2) is 48.5 Å². The average Bonchev–Trinajstić information content (AvgIpc) is 2.38. The molecule has 0 heterocycles. The van der Waals surface area contributed by atoms with Crippen LogP contribution in [-0.4, -0.2) is 12.2 Å². The van der Waals surface area contributed by atoms with Gasteiger partial charge in [-0.2, -0.15) is 0 Å². The van der Waals surface area contributed by atoms with Gasteiger partial charge in [0.15, 0.2) is 0 Å². The fourth-order valence-corrected chi connectivity index (χ4v) is 2.00. The van der Waals surface area contributed by atoms with Crippen molar-refractivity contribution in [2.75, 3.05) is 11.9 Å². The molecule has 0 aromatic heterocycles. The fourth-order valence-electron chi connectivity index (χ4n) is 2.00. The Hall–Kier alpha value is -2.03. The maximum absolute atomic E-state index is 13.7. The summed E-state index contributed by atoms with van der Waals surface area (Å²) in [7, 11) is 1.82. The number of anilines is 1. The molecule has 1 atom stereocenters. The van der Waals surface area contributed by atoms with Crippen molar-refractivity contribution in [3.63, 3.8) is 0 Å². The smallest absolute Gasteiger partial charge is 0.146 e. The normalized spacial score (nSPS) is 12.2. The Bertz CT molecular complexity index is 492. The summed E-state index contributed by atoms with van der Waals surface area (Å²) >= 11 is 0. The zero-order valence-electron chi connectivity index (χ0n) is 10.5. The van der Waals surface area contributed by atoms with Gasteiger partial charge in [0.25, 0.3) is 0 Å². The molecule has 0 fully saturated rings. The molecular weight excluding hydrogens is 229 g/mol. The second-order valence-corrected chi connectivity index (χ2v) is 4.30. The van der Waals surface area contributed by atoms with E-state index in [1.165, 1.54) is 6.07 Å². The SMILES string of the molecule is CC(c1ccccc1O)N(C)c1ccccc1F. The van der Waals surface area contributed by atoms with Crippen molar-refractivity contribution in [1.82, 2.24) is 0 Å². The van der Waals surface area contributed by atoms with Gasteiger partial charge in [-0.25, -0.2) is 4.39 Å². The van der Waals surface area contributed by atoms with Crippen molar-refractivity contribution >= 4 is 5.69 Å². The highest BCUT2D eigenvalue weighted by atomic mass is 19.1. The third-order valence-corrected chi connectivity index (χ3v) is 3.20. The summed E-state index contributed by atoms with van der Waals surface area (Å²) in [6, 6.07) is 13.6. The quantitative estimate of drug-likeness (QED) is 0.890. The molecule has 0 aliphatic rings. The summed E-state index contributed by atoms with van der Waals surface area (Å²) < 4.78 is 13.7. The van der Waals surface area contributed by atoms with E-state index >= 15 is 0 Å². The maximum atomic E-state index is 13.7. The van der Waals surface area contributed by atoms with E-state index in [1.807, 2.05) is 31.0 Å². The first-order chi connectivity index (χ1) is 8.61. The molecule has 0 aliphatic heterocycles. The van der Waals surface area contributed by atoms with Crippen LogP contribution in [0.1, 0.15) is 18.5 Å². The third kappa shape index (κ3) is 2.30. The summed E-state index contributed by atoms with van der Waals surface area (Å²) in [4.78, 5) is 1.81. The van der Waals surface area contributed by atoms with Crippen LogP contribution in [0, 0.1) is 5.82 Å². The van der Waals surface area contributed by atoms with Gasteiger partial charge in [0.05, 0.1) is 11.7 Å². The van der Waals surface area contributed by atoms with Crippen LogP contribution in [0.25, 0.3) is 0 Å². The Morgan fingerprint density at radius 3 is 2.33 bits per heavy atom. The molecule has 0 spiro atoms. The fraction of sp³-hybridized carbons (Fsp3) is 0.200. The van der Waals surface area contributed by atoms with Gasteiger partial charge in [-0.1, -0.05) is 30.3 Å². The van der Waals surface area contributed by atoms with E-state index in [-0.39, 0.29) is 17.6 Å². The molecule has 1 N–H and O–H groups in total. The van der Waals surface area contributed by atoms with Crippen molar-refractivity contribution < 1.29 is 9.50 Å². The number of nitrogens with zero attached hydrogens (tertiary/aromatic N) is 1. The molecule has 2 rings (SSSR count). The number of phenolic OH excluding ortho intramolecular Hbond substituents is 1. The molecule has 0 aliphatic carbocycles. The van der Waals surface area contributed by atoms with Crippen LogP contribution in [0.3, 0.4) is 0 Å². The van der Waals surface area contributed by atoms with Crippen LogP contribution in [-0.2, 0) is 0 Å². The van der Waals surface area contributed by atoms with Crippen molar-refractivity contribution in [1.29, 1.82) is 0 Å². The Morgan fingerprint density at radius 1 is 1.06 bits per heavy atom. The second kappa shape index (κ2) is 5.08. The lowest BCUT2D eigenvalue weighted by Crippen LogP contribution is -2.22. The lowest BCUT2D eigenvalue weighted by molar-refractivity contribution is 0.462. The third-order valence-electron chi connectivity index (χ3n) is 3.20. The molecule has 0 bridgehead atoms. The number of benzene rings is 2. The maximum Gasteiger partial charge on any atom is 0.146 e. The number of halogens is 1. The number of para-hydroxylation sites is 2. The highest BCUT2D eigenvalue weighted by Crippen LogP contribution is 2.31. The number of hydrogen-bond donors (Lipinski definition) is 1. The topological polar surface area (TPSA) is 23.5 Å². The Labute approximate surface area is 106 Å². The minimum atomic E-state index is -0.262. The van der Waals surface area contributed by atoms with Gasteiger partial charge in [0, 0.05) is 12.6 Å². The summed E-state index contributed by atoms with van der Waals surface area (Å²) in [5.74, 6) is -0.0320. The molecule has 0 amide bonds. The zero-order valence-corrected chi connectivity index (χ0v) is 10.5. The summed E-state index contributed by atoms with van der Waals surface area (Å²) in [5, 5.41) is 9.83. The molecule has 3 heteroatoms. The van der Waals surface area contributed by atoms with Gasteiger partial charge in [0.1, 0.15) is 11.6 Å². The van der Waals surface area contributed by atoms with Crippen LogP contribution >= 0.6 is 0 Å². The molecule has 94 valence electrons. The zero-order chi connectivity index (χ0) is 13.1. The first kappa shape index (κ1) is 12.4. The Kier molecular flexibility index (Phi) is 3.51. The number of hydrogen-bond acceptors (Lipinski definition) is 2. The molecule has 0 radical (unpaired) electrons. The standard InChI is InChI=1S/C15H16FNO/c1-11(12-7-3-6-10-15(12)18)17(2)14-9-5-4-8-13(14)16/h3-11,18H,1-2H3. The molecule has 2 aromatic carbocycles. The van der Waals surface area contributed by atoms with Gasteiger partial charge in [-0.3, -0.25) is 0 Å². The largest absolute Gasteiger partial charge is 0.508 e. The second-order valence-electron chi connectivity index (χ2n) is 4.30. The Morgan fingerprint density at radius 2 is 1.67 bits per heavy atom. The average molecular weight is 245 g/mol. The Balaban J connectivity index is 2.33. The van der Waals surface area contributed by atoms with Gasteiger partial charge in [0.2, 0.25) is 0 Å². The van der Waals surface area contributed by atoms with E-state index in [4.69, 9.17) is 0 Å². The summed E-state index contributed by atoms with van der Waals surface area (Å²) in [5.41, 5.74) is 1.30. The number of rotatable bonds is 3. The minimum Gasteiger partial charge on any atom is -0.508 e. The molecule has 18 heavy (non-hydrogen) atoms. The van der Waals surface area contributed by atoms with Gasteiger partial charge < -0.3 is 10.0 Å². The van der Waals surface area contributed by atoms with Crippen LogP contribution in [0.4, 0.5) is 10.1 Å². The predicted octanol–water partition coefficient (Wildman–Crippen LogP) is 3.73. The molecular formula is C15H16FNO. The predicted molar refractivity (Wildman–Crippen MR) is 71.3 cm³/mol. The van der Waals surface area contributed by atoms with E-state index < -0.39 is 0 Å². The van der Waals surface area contributed by atoms with Crippen molar-refractivity contribution in [3.8, 4) is 5.75 Å². The van der Waals surface area contributed by atoms with E-state index in [1.54, 1.807) is 30.3 Å². The van der Waals surface area contributed by atoms with Crippen LogP contribution < -0.4 is 4.90 Å². The van der Waals surface area contributed by atoms with Crippen LogP contribution in [0.5, 0.6) is 5.75 Å². The minimum absolute atomic E-state index is 0.108. The van der Waals surface area contributed by atoms with E-state index in [9.17, 15) is 9.50 Å². The van der Waals surface area contributed by atoms with E-state index in [0.29, 0.717) is 5.69 Å². The van der Waals surface area contributed by atoms with Crippen molar-refractivity contribution in [2.24, 2.45) is 0 Å². The lowest BCUT2D eigenvalue weighted by atomic mass is 10.1. The molecule has 1 unspecified atom stereocenters. The number of aromatic hydroxyl groups is 1. The van der Waals surface area contributed by atoms with E-state index in [0.717, 1.165) is 5.56 Å². The van der Waals surface area contributed by atoms with Gasteiger partial charge in [-0.15, -0.1) is 0 Å². The highest BCUT2D eigenvalue weighted by molar-refractivity contribution is 5.50. The lowest BCUT2D eigenvalue weighted by Gasteiger charge is -2.28. The molecule has 0 saturated heterocycles.